The van der Waals surface area contributed by atoms with Crippen molar-refractivity contribution in [3.63, 3.8) is 0 Å². The van der Waals surface area contributed by atoms with Gasteiger partial charge in [0.25, 0.3) is 0 Å². The lowest BCUT2D eigenvalue weighted by Gasteiger charge is -2.20. The molecule has 0 aromatic rings. The number of likely N-dealkylation sites (tertiary alicyclic amines) is 1. The maximum atomic E-state index is 11.9. The number of urea groups is 1. The Labute approximate surface area is 111 Å². The van der Waals surface area contributed by atoms with Gasteiger partial charge < -0.3 is 20.1 Å². The zero-order valence-electron chi connectivity index (χ0n) is 11.4. The van der Waals surface area contributed by atoms with Crippen LogP contribution in [0.25, 0.3) is 0 Å². The van der Waals surface area contributed by atoms with Crippen molar-refractivity contribution in [2.45, 2.75) is 26.3 Å². The third kappa shape index (κ3) is 4.11. The van der Waals surface area contributed by atoms with E-state index < -0.39 is 12.0 Å². The minimum Gasteiger partial charge on any atom is -0.481 e. The van der Waals surface area contributed by atoms with Crippen LogP contribution in [0.3, 0.4) is 0 Å². The van der Waals surface area contributed by atoms with Crippen molar-refractivity contribution in [2.24, 2.45) is 11.8 Å². The summed E-state index contributed by atoms with van der Waals surface area (Å²) in [5.74, 6) is -1.56. The number of carboxylic acid groups (broad SMARTS) is 1. The van der Waals surface area contributed by atoms with Crippen LogP contribution in [0, 0.1) is 11.8 Å². The fourth-order valence-electron chi connectivity index (χ4n) is 2.21. The van der Waals surface area contributed by atoms with E-state index in [2.05, 4.69) is 5.32 Å². The molecule has 1 aliphatic rings. The molecule has 1 aliphatic heterocycles. The average Bonchev–Trinajstić information content (AvgIpc) is 2.69. The van der Waals surface area contributed by atoms with Crippen molar-refractivity contribution in [1.82, 2.24) is 10.2 Å². The lowest BCUT2D eigenvalue weighted by molar-refractivity contribution is -0.146. The SMILES string of the molecule is COC(=O)C1CN(C(=O)NC(C)CC(=O)O)CC1C. The summed E-state index contributed by atoms with van der Waals surface area (Å²) >= 11 is 0. The maximum Gasteiger partial charge on any atom is 0.317 e. The zero-order chi connectivity index (χ0) is 14.6. The molecule has 1 fully saturated rings. The van der Waals surface area contributed by atoms with Gasteiger partial charge in [-0.1, -0.05) is 6.92 Å². The number of hydrogen-bond acceptors (Lipinski definition) is 4. The quantitative estimate of drug-likeness (QED) is 0.718. The van der Waals surface area contributed by atoms with E-state index in [9.17, 15) is 14.4 Å². The second-order valence-corrected chi connectivity index (χ2v) is 4.96. The van der Waals surface area contributed by atoms with Gasteiger partial charge in [0, 0.05) is 19.1 Å². The highest BCUT2D eigenvalue weighted by atomic mass is 16.5. The van der Waals surface area contributed by atoms with E-state index in [0.717, 1.165) is 0 Å². The number of carbonyl (C=O) groups is 3. The van der Waals surface area contributed by atoms with Crippen LogP contribution in [0.15, 0.2) is 0 Å². The third-order valence-electron chi connectivity index (χ3n) is 3.25. The van der Waals surface area contributed by atoms with E-state index in [1.54, 1.807) is 6.92 Å². The predicted molar refractivity (Wildman–Crippen MR) is 66.5 cm³/mol. The Hall–Kier alpha value is -1.79. The van der Waals surface area contributed by atoms with Crippen molar-refractivity contribution < 1.29 is 24.2 Å². The lowest BCUT2D eigenvalue weighted by Crippen LogP contribution is -2.43. The number of aliphatic carboxylic acids is 1. The first-order chi connectivity index (χ1) is 8.85. The summed E-state index contributed by atoms with van der Waals surface area (Å²) in [4.78, 5) is 35.4. The van der Waals surface area contributed by atoms with E-state index in [0.29, 0.717) is 13.1 Å². The molecule has 0 aromatic carbocycles. The highest BCUT2D eigenvalue weighted by Gasteiger charge is 2.37. The Balaban J connectivity index is 2.51. The molecule has 0 radical (unpaired) electrons. The monoisotopic (exact) mass is 272 g/mol. The summed E-state index contributed by atoms with van der Waals surface area (Å²) in [6, 6.07) is -0.788. The van der Waals surface area contributed by atoms with Crippen LogP contribution < -0.4 is 5.32 Å². The zero-order valence-corrected chi connectivity index (χ0v) is 11.4. The Bertz CT molecular complexity index is 371. The summed E-state index contributed by atoms with van der Waals surface area (Å²) in [5, 5.41) is 11.2. The summed E-state index contributed by atoms with van der Waals surface area (Å²) in [6.45, 7) is 4.28. The molecule has 1 heterocycles. The lowest BCUT2D eigenvalue weighted by atomic mass is 9.99. The molecule has 1 rings (SSSR count). The number of methoxy groups -OCH3 is 1. The molecule has 3 atom stereocenters. The summed E-state index contributed by atoms with van der Waals surface area (Å²) in [7, 11) is 1.33. The summed E-state index contributed by atoms with van der Waals surface area (Å²) < 4.78 is 4.69. The van der Waals surface area contributed by atoms with Crippen LogP contribution >= 0.6 is 0 Å². The van der Waals surface area contributed by atoms with E-state index in [-0.39, 0.29) is 30.3 Å². The van der Waals surface area contributed by atoms with E-state index >= 15 is 0 Å². The second-order valence-electron chi connectivity index (χ2n) is 4.96. The number of carboxylic acids is 1. The average molecular weight is 272 g/mol. The highest BCUT2D eigenvalue weighted by molar-refractivity contribution is 5.79. The Morgan fingerprint density at radius 2 is 2.05 bits per heavy atom. The van der Waals surface area contributed by atoms with Gasteiger partial charge in [-0.15, -0.1) is 0 Å². The standard InChI is InChI=1S/C12H20N2O5/c1-7-5-14(6-9(7)11(17)19-3)12(18)13-8(2)4-10(15)16/h7-9H,4-6H2,1-3H3,(H,13,18)(H,15,16). The fraction of sp³-hybridized carbons (Fsp3) is 0.750. The van der Waals surface area contributed by atoms with Crippen LogP contribution in [0.4, 0.5) is 4.79 Å². The number of carbonyl (C=O) groups excluding carboxylic acids is 2. The minimum absolute atomic E-state index is 0.0352. The van der Waals surface area contributed by atoms with Gasteiger partial charge in [-0.2, -0.15) is 0 Å². The number of rotatable bonds is 4. The van der Waals surface area contributed by atoms with Crippen LogP contribution in [0.5, 0.6) is 0 Å². The second kappa shape index (κ2) is 6.40. The van der Waals surface area contributed by atoms with Gasteiger partial charge in [-0.25, -0.2) is 4.79 Å². The van der Waals surface area contributed by atoms with Gasteiger partial charge in [-0.3, -0.25) is 9.59 Å². The first-order valence-corrected chi connectivity index (χ1v) is 6.20. The molecular weight excluding hydrogens is 252 g/mol. The molecule has 0 bridgehead atoms. The van der Waals surface area contributed by atoms with Gasteiger partial charge in [0.15, 0.2) is 0 Å². The maximum absolute atomic E-state index is 11.9. The first-order valence-electron chi connectivity index (χ1n) is 6.20. The Morgan fingerprint density at radius 3 is 2.58 bits per heavy atom. The molecule has 7 heteroatoms. The number of ether oxygens (including phenoxy) is 1. The van der Waals surface area contributed by atoms with Crippen molar-refractivity contribution in [3.8, 4) is 0 Å². The van der Waals surface area contributed by atoms with E-state index in [1.807, 2.05) is 6.92 Å². The summed E-state index contributed by atoms with van der Waals surface area (Å²) in [5.41, 5.74) is 0. The van der Waals surface area contributed by atoms with Gasteiger partial charge >= 0.3 is 18.0 Å². The molecule has 108 valence electrons. The number of nitrogens with zero attached hydrogens (tertiary/aromatic N) is 1. The molecule has 3 unspecified atom stereocenters. The fourth-order valence-corrected chi connectivity index (χ4v) is 2.21. The van der Waals surface area contributed by atoms with Crippen molar-refractivity contribution >= 4 is 18.0 Å². The number of esters is 1. The van der Waals surface area contributed by atoms with Crippen molar-refractivity contribution in [3.05, 3.63) is 0 Å². The molecule has 0 spiro atoms. The summed E-state index contributed by atoms with van der Waals surface area (Å²) in [6.07, 6.45) is -0.129. The normalized spacial score (nSPS) is 23.8. The van der Waals surface area contributed by atoms with Gasteiger partial charge in [0.1, 0.15) is 0 Å². The molecule has 19 heavy (non-hydrogen) atoms. The van der Waals surface area contributed by atoms with Gasteiger partial charge in [-0.05, 0) is 12.8 Å². The largest absolute Gasteiger partial charge is 0.481 e. The molecular formula is C12H20N2O5. The number of amides is 2. The Kier molecular flexibility index (Phi) is 5.14. The highest BCUT2D eigenvalue weighted by Crippen LogP contribution is 2.24. The van der Waals surface area contributed by atoms with E-state index in [1.165, 1.54) is 12.0 Å². The molecule has 7 nitrogen and oxygen atoms in total. The predicted octanol–water partition coefficient (Wildman–Crippen LogP) is 0.300. The van der Waals surface area contributed by atoms with Gasteiger partial charge in [0.2, 0.25) is 0 Å². The smallest absolute Gasteiger partial charge is 0.317 e. The van der Waals surface area contributed by atoms with Crippen LogP contribution in [0.2, 0.25) is 0 Å². The van der Waals surface area contributed by atoms with Gasteiger partial charge in [0.05, 0.1) is 19.4 Å². The number of nitrogens with one attached hydrogen (secondary N) is 1. The van der Waals surface area contributed by atoms with Crippen molar-refractivity contribution in [1.29, 1.82) is 0 Å². The topological polar surface area (TPSA) is 95.9 Å². The molecule has 2 N–H and O–H groups in total. The molecule has 2 amide bonds. The molecule has 0 aliphatic carbocycles. The van der Waals surface area contributed by atoms with Crippen LogP contribution in [-0.4, -0.2) is 54.2 Å². The van der Waals surface area contributed by atoms with Crippen LogP contribution in [-0.2, 0) is 14.3 Å². The first kappa shape index (κ1) is 15.3. The molecule has 0 saturated carbocycles. The molecule has 0 aromatic heterocycles. The Morgan fingerprint density at radius 1 is 1.42 bits per heavy atom. The molecule has 1 saturated heterocycles. The third-order valence-corrected chi connectivity index (χ3v) is 3.25. The van der Waals surface area contributed by atoms with Crippen LogP contribution in [0.1, 0.15) is 20.3 Å². The minimum atomic E-state index is -0.963. The van der Waals surface area contributed by atoms with E-state index in [4.69, 9.17) is 9.84 Å². The number of hydrogen-bond donors (Lipinski definition) is 2. The van der Waals surface area contributed by atoms with Crippen molar-refractivity contribution in [2.75, 3.05) is 20.2 Å².